The standard InChI is InChI=1S/C27H19Cl2N5O5S/c28-16-13-11-15(12-14-16)19-21(40(38,39)18-9-5-2-6-10-18)24-32-23(30)20(26(36)34(24)22(19)29)25(35)33-27(37)31-17-7-3-1-4-8-17/h1-14,32H,30H2,(H2,31,33,35,37). The average molecular weight is 596 g/mol. The van der Waals surface area contributed by atoms with Gasteiger partial charge in [-0.1, -0.05) is 71.7 Å². The van der Waals surface area contributed by atoms with Gasteiger partial charge in [0, 0.05) is 16.3 Å². The molecule has 0 aliphatic heterocycles. The maximum Gasteiger partial charge on any atom is 0.326 e. The van der Waals surface area contributed by atoms with Crippen molar-refractivity contribution in [2.75, 3.05) is 11.1 Å². The van der Waals surface area contributed by atoms with Gasteiger partial charge in [0.15, 0.2) is 0 Å². The summed E-state index contributed by atoms with van der Waals surface area (Å²) >= 11 is 12.7. The van der Waals surface area contributed by atoms with E-state index in [1.54, 1.807) is 60.7 Å². The number of urea groups is 1. The summed E-state index contributed by atoms with van der Waals surface area (Å²) in [4.78, 5) is 41.3. The second-order valence-electron chi connectivity index (χ2n) is 8.50. The number of nitrogen functional groups attached to an aromatic ring is 1. The van der Waals surface area contributed by atoms with Gasteiger partial charge in [-0.25, -0.2) is 17.6 Å². The molecule has 2 aromatic heterocycles. The van der Waals surface area contributed by atoms with Crippen LogP contribution < -0.4 is 21.9 Å². The molecule has 13 heteroatoms. The van der Waals surface area contributed by atoms with Crippen LogP contribution in [-0.2, 0) is 9.84 Å². The number of anilines is 2. The van der Waals surface area contributed by atoms with Gasteiger partial charge in [-0.2, -0.15) is 0 Å². The number of aromatic amines is 1. The molecule has 0 aliphatic carbocycles. The van der Waals surface area contributed by atoms with Gasteiger partial charge in [-0.3, -0.25) is 14.9 Å². The van der Waals surface area contributed by atoms with Crippen molar-refractivity contribution in [3.05, 3.63) is 111 Å². The van der Waals surface area contributed by atoms with E-state index in [-0.39, 0.29) is 26.2 Å². The van der Waals surface area contributed by atoms with E-state index in [1.807, 2.05) is 5.32 Å². The summed E-state index contributed by atoms with van der Waals surface area (Å²) in [7, 11) is -4.28. The van der Waals surface area contributed by atoms with Gasteiger partial charge < -0.3 is 16.0 Å². The second kappa shape index (κ2) is 10.5. The average Bonchev–Trinajstić information content (AvgIpc) is 3.22. The summed E-state index contributed by atoms with van der Waals surface area (Å²) in [6.45, 7) is 0. The van der Waals surface area contributed by atoms with E-state index < -0.39 is 38.7 Å². The molecule has 5 rings (SSSR count). The van der Waals surface area contributed by atoms with Crippen LogP contribution >= 0.6 is 23.2 Å². The zero-order valence-corrected chi connectivity index (χ0v) is 22.6. The van der Waals surface area contributed by atoms with Gasteiger partial charge >= 0.3 is 6.03 Å². The highest BCUT2D eigenvalue weighted by atomic mass is 35.5. The Kier molecular flexibility index (Phi) is 7.11. The monoisotopic (exact) mass is 595 g/mol. The summed E-state index contributed by atoms with van der Waals surface area (Å²) in [5.41, 5.74) is 4.87. The Morgan fingerprint density at radius 3 is 2.10 bits per heavy atom. The van der Waals surface area contributed by atoms with Crippen LogP contribution in [0.4, 0.5) is 16.3 Å². The van der Waals surface area contributed by atoms with E-state index in [0.29, 0.717) is 16.3 Å². The van der Waals surface area contributed by atoms with Gasteiger partial charge in [0.2, 0.25) is 9.84 Å². The molecule has 10 nitrogen and oxygen atoms in total. The number of nitrogens with one attached hydrogen (secondary N) is 3. The molecule has 0 radical (unpaired) electrons. The van der Waals surface area contributed by atoms with Gasteiger partial charge in [0.25, 0.3) is 11.5 Å². The van der Waals surface area contributed by atoms with E-state index in [9.17, 15) is 22.8 Å². The lowest BCUT2D eigenvalue weighted by Crippen LogP contribution is -2.38. The number of nitrogens with two attached hydrogens (primary N) is 1. The molecule has 0 saturated carbocycles. The predicted molar refractivity (Wildman–Crippen MR) is 153 cm³/mol. The summed E-state index contributed by atoms with van der Waals surface area (Å²) < 4.78 is 28.6. The molecule has 0 unspecified atom stereocenters. The number of sulfone groups is 1. The SMILES string of the molecule is Nc1[nH]c2c(S(=O)(=O)c3ccccc3)c(-c3ccc(Cl)cc3)c(Cl)n2c(=O)c1C(=O)NC(=O)Nc1ccccc1. The number of carbonyl (C=O) groups is 2. The van der Waals surface area contributed by atoms with Crippen molar-refractivity contribution in [3.63, 3.8) is 0 Å². The molecule has 0 saturated heterocycles. The van der Waals surface area contributed by atoms with Gasteiger partial charge in [0.1, 0.15) is 27.1 Å². The number of carbonyl (C=O) groups excluding carboxylic acids is 2. The first-order chi connectivity index (χ1) is 19.1. The molecule has 5 N–H and O–H groups in total. The number of para-hydroxylation sites is 1. The van der Waals surface area contributed by atoms with Crippen LogP contribution in [0.3, 0.4) is 0 Å². The second-order valence-corrected chi connectivity index (χ2v) is 11.2. The topological polar surface area (TPSA) is 156 Å². The summed E-state index contributed by atoms with van der Waals surface area (Å²) in [6.07, 6.45) is 0. The van der Waals surface area contributed by atoms with Crippen LogP contribution in [0.5, 0.6) is 0 Å². The minimum Gasteiger partial charge on any atom is -0.384 e. The van der Waals surface area contributed by atoms with E-state index in [2.05, 4.69) is 10.3 Å². The van der Waals surface area contributed by atoms with Crippen LogP contribution in [0, 0.1) is 0 Å². The van der Waals surface area contributed by atoms with Crippen molar-refractivity contribution in [3.8, 4) is 11.1 Å². The largest absolute Gasteiger partial charge is 0.384 e. The molecule has 3 amide bonds. The molecular weight excluding hydrogens is 577 g/mol. The lowest BCUT2D eigenvalue weighted by Gasteiger charge is -2.10. The molecule has 40 heavy (non-hydrogen) atoms. The first-order valence-corrected chi connectivity index (χ1v) is 13.8. The van der Waals surface area contributed by atoms with Crippen molar-refractivity contribution in [2.45, 2.75) is 9.79 Å². The van der Waals surface area contributed by atoms with Crippen molar-refractivity contribution in [1.29, 1.82) is 0 Å². The van der Waals surface area contributed by atoms with E-state index >= 15 is 0 Å². The number of halogens is 2. The quantitative estimate of drug-likeness (QED) is 0.224. The smallest absolute Gasteiger partial charge is 0.326 e. The minimum absolute atomic E-state index is 0.00526. The number of imide groups is 1. The minimum atomic E-state index is -4.28. The predicted octanol–water partition coefficient (Wildman–Crippen LogP) is 4.98. The highest BCUT2D eigenvalue weighted by Gasteiger charge is 2.33. The van der Waals surface area contributed by atoms with E-state index in [0.717, 1.165) is 4.40 Å². The molecule has 202 valence electrons. The van der Waals surface area contributed by atoms with Crippen LogP contribution in [0.1, 0.15) is 10.4 Å². The first kappa shape index (κ1) is 27.0. The molecule has 5 aromatic rings. The number of fused-ring (bicyclic) bond motifs is 1. The van der Waals surface area contributed by atoms with Crippen LogP contribution in [0.15, 0.2) is 99.5 Å². The molecule has 0 fully saturated rings. The highest BCUT2D eigenvalue weighted by Crippen LogP contribution is 2.41. The molecular formula is C27H19Cl2N5O5S. The number of nitrogens with zero attached hydrogens (tertiary/aromatic N) is 1. The van der Waals surface area contributed by atoms with Crippen LogP contribution in [0.2, 0.25) is 10.2 Å². The number of H-pyrrole nitrogens is 1. The third-order valence-corrected chi connectivity index (χ3v) is 8.39. The number of hydrogen-bond acceptors (Lipinski definition) is 6. The number of aromatic nitrogens is 2. The van der Waals surface area contributed by atoms with Crippen LogP contribution in [0.25, 0.3) is 16.8 Å². The lowest BCUT2D eigenvalue weighted by molar-refractivity contribution is 0.0966. The Hall–Kier alpha value is -4.58. The third-order valence-electron chi connectivity index (χ3n) is 5.95. The Morgan fingerprint density at radius 2 is 1.48 bits per heavy atom. The van der Waals surface area contributed by atoms with E-state index in [1.165, 1.54) is 24.3 Å². The lowest BCUT2D eigenvalue weighted by atomic mass is 10.1. The first-order valence-electron chi connectivity index (χ1n) is 11.6. The number of hydrogen-bond donors (Lipinski definition) is 4. The maximum atomic E-state index is 13.9. The molecule has 0 spiro atoms. The fourth-order valence-electron chi connectivity index (χ4n) is 4.16. The highest BCUT2D eigenvalue weighted by molar-refractivity contribution is 7.91. The third kappa shape index (κ3) is 4.81. The van der Waals surface area contributed by atoms with Crippen molar-refractivity contribution < 1.29 is 18.0 Å². The summed E-state index contributed by atoms with van der Waals surface area (Å²) in [6, 6.07) is 21.1. The Balaban J connectivity index is 1.70. The Labute approximate surface area is 237 Å². The fourth-order valence-corrected chi connectivity index (χ4v) is 6.34. The summed E-state index contributed by atoms with van der Waals surface area (Å²) in [5.74, 6) is -1.59. The van der Waals surface area contributed by atoms with Crippen molar-refractivity contribution >= 4 is 62.1 Å². The van der Waals surface area contributed by atoms with Crippen LogP contribution in [-0.4, -0.2) is 29.7 Å². The molecule has 0 bridgehead atoms. The number of benzene rings is 3. The Morgan fingerprint density at radius 1 is 0.875 bits per heavy atom. The van der Waals surface area contributed by atoms with E-state index in [4.69, 9.17) is 28.9 Å². The fraction of sp³-hybridized carbons (Fsp3) is 0. The molecule has 0 atom stereocenters. The summed E-state index contributed by atoms with van der Waals surface area (Å²) in [5, 5.41) is 4.61. The normalized spacial score (nSPS) is 11.3. The molecule has 2 heterocycles. The van der Waals surface area contributed by atoms with Gasteiger partial charge in [-0.05, 0) is 42.0 Å². The molecule has 3 aromatic carbocycles. The van der Waals surface area contributed by atoms with Gasteiger partial charge in [-0.15, -0.1) is 0 Å². The number of amides is 3. The molecule has 0 aliphatic rings. The Bertz CT molecular complexity index is 1940. The van der Waals surface area contributed by atoms with Crippen molar-refractivity contribution in [1.82, 2.24) is 14.7 Å². The zero-order valence-electron chi connectivity index (χ0n) is 20.3. The maximum absolute atomic E-state index is 13.9. The number of rotatable bonds is 5. The van der Waals surface area contributed by atoms with Gasteiger partial charge in [0.05, 0.1) is 4.90 Å². The van der Waals surface area contributed by atoms with Crippen molar-refractivity contribution in [2.24, 2.45) is 0 Å². The zero-order chi connectivity index (χ0) is 28.6.